The number of hydrogen-bond acceptors (Lipinski definition) is 6. The second kappa shape index (κ2) is 8.07. The van der Waals surface area contributed by atoms with Crippen molar-refractivity contribution in [1.29, 1.82) is 0 Å². The Morgan fingerprint density at radius 2 is 2.20 bits per heavy atom. The predicted octanol–water partition coefficient (Wildman–Crippen LogP) is 3.39. The lowest BCUT2D eigenvalue weighted by Gasteiger charge is -2.41. The Bertz CT molecular complexity index is 726. The monoisotopic (exact) mass is 428 g/mol. The first-order valence-electron chi connectivity index (χ1n) is 8.44. The molecule has 3 rings (SSSR count). The van der Waals surface area contributed by atoms with Gasteiger partial charge in [0.05, 0.1) is 6.10 Å². The molecule has 0 saturated carbocycles. The first-order chi connectivity index (χ1) is 12.0. The molecule has 1 saturated heterocycles. The zero-order valence-electron chi connectivity index (χ0n) is 14.3. The Balaban J connectivity index is 1.75. The molecule has 0 spiro atoms. The van der Waals surface area contributed by atoms with Crippen LogP contribution < -0.4 is 4.90 Å². The fourth-order valence-corrected chi connectivity index (χ4v) is 4.41. The van der Waals surface area contributed by atoms with Crippen LogP contribution in [0.5, 0.6) is 0 Å². The molecule has 1 N–H and O–H groups in total. The molecule has 136 valence electrons. The maximum absolute atomic E-state index is 14.1. The standard InChI is InChI=1S/C17H22BrFN4OS/c1-3-13-10-23(7-6-22(13)9-11(2)24)17-21-20-16(25-17)14-8-12(18)4-5-15(14)19/h4-5,8,11,13,24H,3,6-7,9-10H2,1-2H3. The van der Waals surface area contributed by atoms with Gasteiger partial charge in [0, 0.05) is 42.3 Å². The van der Waals surface area contributed by atoms with Gasteiger partial charge in [-0.3, -0.25) is 4.90 Å². The van der Waals surface area contributed by atoms with Crippen LogP contribution >= 0.6 is 27.3 Å². The van der Waals surface area contributed by atoms with Crippen molar-refractivity contribution >= 4 is 32.4 Å². The van der Waals surface area contributed by atoms with E-state index in [0.29, 0.717) is 23.2 Å². The van der Waals surface area contributed by atoms with Gasteiger partial charge in [-0.15, -0.1) is 10.2 Å². The highest BCUT2D eigenvalue weighted by atomic mass is 79.9. The zero-order valence-corrected chi connectivity index (χ0v) is 16.7. The number of benzene rings is 1. The van der Waals surface area contributed by atoms with Crippen molar-refractivity contribution in [2.45, 2.75) is 32.4 Å². The SMILES string of the molecule is CCC1CN(c2nnc(-c3cc(Br)ccc3F)s2)CCN1CC(C)O. The van der Waals surface area contributed by atoms with E-state index in [0.717, 1.165) is 35.7 Å². The van der Waals surface area contributed by atoms with Gasteiger partial charge in [-0.2, -0.15) is 0 Å². The number of anilines is 1. The minimum Gasteiger partial charge on any atom is -0.392 e. The van der Waals surface area contributed by atoms with Crippen LogP contribution in [0, 0.1) is 5.82 Å². The molecule has 2 atom stereocenters. The largest absolute Gasteiger partial charge is 0.392 e. The Morgan fingerprint density at radius 1 is 1.40 bits per heavy atom. The fraction of sp³-hybridized carbons (Fsp3) is 0.529. The van der Waals surface area contributed by atoms with E-state index in [2.05, 4.69) is 42.9 Å². The summed E-state index contributed by atoms with van der Waals surface area (Å²) in [6.45, 7) is 7.23. The fourth-order valence-electron chi connectivity index (χ4n) is 3.15. The highest BCUT2D eigenvalue weighted by molar-refractivity contribution is 9.10. The number of nitrogens with zero attached hydrogens (tertiary/aromatic N) is 4. The van der Waals surface area contributed by atoms with Crippen LogP contribution in [0.2, 0.25) is 0 Å². The minimum absolute atomic E-state index is 0.293. The van der Waals surface area contributed by atoms with E-state index in [4.69, 9.17) is 0 Å². The van der Waals surface area contributed by atoms with Crippen LogP contribution in [-0.2, 0) is 0 Å². The number of β-amino-alcohol motifs (C(OH)–C–C–N with tert-alkyl or cyclic N) is 1. The molecule has 2 aromatic rings. The zero-order chi connectivity index (χ0) is 18.0. The second-order valence-electron chi connectivity index (χ2n) is 6.37. The van der Waals surface area contributed by atoms with Crippen molar-refractivity contribution in [1.82, 2.24) is 15.1 Å². The third-order valence-corrected chi connectivity index (χ3v) is 5.93. The molecule has 0 bridgehead atoms. The molecule has 5 nitrogen and oxygen atoms in total. The molecule has 0 radical (unpaired) electrons. The highest BCUT2D eigenvalue weighted by Crippen LogP contribution is 2.33. The van der Waals surface area contributed by atoms with Crippen molar-refractivity contribution in [3.05, 3.63) is 28.5 Å². The van der Waals surface area contributed by atoms with E-state index in [1.54, 1.807) is 12.1 Å². The van der Waals surface area contributed by atoms with E-state index in [1.165, 1.54) is 17.4 Å². The Morgan fingerprint density at radius 3 is 2.92 bits per heavy atom. The van der Waals surface area contributed by atoms with E-state index in [1.807, 2.05) is 6.92 Å². The molecule has 1 aliphatic rings. The van der Waals surface area contributed by atoms with Gasteiger partial charge in [-0.1, -0.05) is 34.2 Å². The average molecular weight is 429 g/mol. The first-order valence-corrected chi connectivity index (χ1v) is 10.0. The van der Waals surface area contributed by atoms with Gasteiger partial charge in [0.1, 0.15) is 5.82 Å². The number of aromatic nitrogens is 2. The van der Waals surface area contributed by atoms with Gasteiger partial charge in [0.25, 0.3) is 0 Å². The molecule has 2 heterocycles. The summed E-state index contributed by atoms with van der Waals surface area (Å²) in [5.74, 6) is -0.293. The van der Waals surface area contributed by atoms with Crippen LogP contribution in [0.25, 0.3) is 10.6 Å². The number of hydrogen-bond donors (Lipinski definition) is 1. The van der Waals surface area contributed by atoms with Crippen LogP contribution in [0.4, 0.5) is 9.52 Å². The smallest absolute Gasteiger partial charge is 0.208 e. The van der Waals surface area contributed by atoms with Crippen molar-refractivity contribution < 1.29 is 9.50 Å². The molecule has 1 aromatic heterocycles. The molecule has 1 aliphatic heterocycles. The third-order valence-electron chi connectivity index (χ3n) is 4.42. The van der Waals surface area contributed by atoms with Crippen LogP contribution in [0.1, 0.15) is 20.3 Å². The average Bonchev–Trinajstić information content (AvgIpc) is 3.06. The summed E-state index contributed by atoms with van der Waals surface area (Å²) in [5.41, 5.74) is 0.470. The number of rotatable bonds is 5. The van der Waals surface area contributed by atoms with Gasteiger partial charge >= 0.3 is 0 Å². The molecule has 1 aromatic carbocycles. The Labute approximate surface area is 159 Å². The Hall–Kier alpha value is -1.09. The maximum atomic E-state index is 14.1. The normalized spacial score (nSPS) is 20.0. The summed E-state index contributed by atoms with van der Waals surface area (Å²) >= 11 is 4.79. The van der Waals surface area contributed by atoms with Gasteiger partial charge < -0.3 is 10.0 Å². The third kappa shape index (κ3) is 4.36. The van der Waals surface area contributed by atoms with Gasteiger partial charge in [0.2, 0.25) is 5.13 Å². The number of halogens is 2. The topological polar surface area (TPSA) is 52.5 Å². The van der Waals surface area contributed by atoms with Gasteiger partial charge in [-0.25, -0.2) is 4.39 Å². The molecule has 0 amide bonds. The summed E-state index contributed by atoms with van der Waals surface area (Å²) in [4.78, 5) is 4.54. The van der Waals surface area contributed by atoms with E-state index < -0.39 is 0 Å². The molecule has 0 aliphatic carbocycles. The molecule has 8 heteroatoms. The van der Waals surface area contributed by atoms with Gasteiger partial charge in [-0.05, 0) is 31.5 Å². The lowest BCUT2D eigenvalue weighted by atomic mass is 10.1. The van der Waals surface area contributed by atoms with E-state index in [-0.39, 0.29) is 11.9 Å². The van der Waals surface area contributed by atoms with Crippen molar-refractivity contribution in [2.24, 2.45) is 0 Å². The summed E-state index contributed by atoms with van der Waals surface area (Å²) in [6, 6.07) is 5.21. The van der Waals surface area contributed by atoms with Crippen LogP contribution in [0.15, 0.2) is 22.7 Å². The van der Waals surface area contributed by atoms with Crippen molar-refractivity contribution in [3.63, 3.8) is 0 Å². The second-order valence-corrected chi connectivity index (χ2v) is 8.24. The molecule has 25 heavy (non-hydrogen) atoms. The van der Waals surface area contributed by atoms with Crippen molar-refractivity contribution in [2.75, 3.05) is 31.1 Å². The maximum Gasteiger partial charge on any atom is 0.208 e. The predicted molar refractivity (Wildman–Crippen MR) is 103 cm³/mol. The minimum atomic E-state index is -0.326. The lowest BCUT2D eigenvalue weighted by Crippen LogP contribution is -2.54. The summed E-state index contributed by atoms with van der Waals surface area (Å²) in [6.07, 6.45) is 0.683. The van der Waals surface area contributed by atoms with Gasteiger partial charge in [0.15, 0.2) is 5.01 Å². The van der Waals surface area contributed by atoms with E-state index >= 15 is 0 Å². The molecular formula is C17H22BrFN4OS. The molecular weight excluding hydrogens is 407 g/mol. The number of piperazine rings is 1. The van der Waals surface area contributed by atoms with Crippen molar-refractivity contribution in [3.8, 4) is 10.6 Å². The first kappa shape index (κ1) is 18.7. The summed E-state index contributed by atoms with van der Waals surface area (Å²) < 4.78 is 14.9. The molecule has 1 fully saturated rings. The highest BCUT2D eigenvalue weighted by Gasteiger charge is 2.28. The summed E-state index contributed by atoms with van der Waals surface area (Å²) in [7, 11) is 0. The quantitative estimate of drug-likeness (QED) is 0.790. The lowest BCUT2D eigenvalue weighted by molar-refractivity contribution is 0.0885. The van der Waals surface area contributed by atoms with Crippen LogP contribution in [-0.4, -0.2) is 58.5 Å². The molecule has 2 unspecified atom stereocenters. The number of aliphatic hydroxyl groups is 1. The van der Waals surface area contributed by atoms with E-state index in [9.17, 15) is 9.50 Å². The Kier molecular flexibility index (Phi) is 6.04. The summed E-state index contributed by atoms with van der Waals surface area (Å²) in [5, 5.41) is 19.6. The van der Waals surface area contributed by atoms with Crippen LogP contribution in [0.3, 0.4) is 0 Å². The number of aliphatic hydroxyl groups excluding tert-OH is 1.